The molecule has 0 amide bonds. The molecular formula is C28H28FN5O2. The highest BCUT2D eigenvalue weighted by molar-refractivity contribution is 6.08. The molecule has 0 N–H and O–H groups in total. The van der Waals surface area contributed by atoms with Gasteiger partial charge in [-0.15, -0.1) is 0 Å². The van der Waals surface area contributed by atoms with Crippen LogP contribution in [0.15, 0.2) is 55.0 Å². The van der Waals surface area contributed by atoms with E-state index in [4.69, 9.17) is 14.5 Å². The summed E-state index contributed by atoms with van der Waals surface area (Å²) < 4.78 is 31.0. The summed E-state index contributed by atoms with van der Waals surface area (Å²) in [5.74, 6) is 0.442. The number of aromatic nitrogens is 5. The number of fused-ring (bicyclic) bond motifs is 3. The zero-order valence-corrected chi connectivity index (χ0v) is 20.6. The molecule has 1 aliphatic rings. The van der Waals surface area contributed by atoms with Crippen molar-refractivity contribution in [2.24, 2.45) is 13.0 Å². The van der Waals surface area contributed by atoms with E-state index >= 15 is 4.39 Å². The van der Waals surface area contributed by atoms with Crippen LogP contribution in [-0.4, -0.2) is 44.6 Å². The van der Waals surface area contributed by atoms with E-state index in [1.54, 1.807) is 19.4 Å². The molecule has 5 heterocycles. The smallest absolute Gasteiger partial charge is 0.238 e. The SMILES string of the molecule is COc1nccc2c3ncc(-c4c(C)cnn4C)cc3n(C(c3ccccc3F)C3CCOCC3)c12. The van der Waals surface area contributed by atoms with Gasteiger partial charge < -0.3 is 14.0 Å². The summed E-state index contributed by atoms with van der Waals surface area (Å²) >= 11 is 0. The van der Waals surface area contributed by atoms with Gasteiger partial charge in [-0.25, -0.2) is 9.37 Å². The quantitative estimate of drug-likeness (QED) is 0.331. The molecular weight excluding hydrogens is 457 g/mol. The lowest BCUT2D eigenvalue weighted by atomic mass is 9.86. The van der Waals surface area contributed by atoms with Gasteiger partial charge in [0.2, 0.25) is 5.88 Å². The van der Waals surface area contributed by atoms with Gasteiger partial charge in [-0.1, -0.05) is 18.2 Å². The molecule has 1 fully saturated rings. The molecule has 36 heavy (non-hydrogen) atoms. The summed E-state index contributed by atoms with van der Waals surface area (Å²) in [5.41, 5.74) is 6.24. The molecule has 0 spiro atoms. The lowest BCUT2D eigenvalue weighted by Gasteiger charge is -2.33. The number of halogens is 1. The molecule has 1 aliphatic heterocycles. The second-order valence-electron chi connectivity index (χ2n) is 9.39. The van der Waals surface area contributed by atoms with Crippen molar-refractivity contribution in [3.05, 3.63) is 71.9 Å². The number of ether oxygens (including phenoxy) is 2. The number of methoxy groups -OCH3 is 1. The van der Waals surface area contributed by atoms with E-state index in [0.717, 1.165) is 51.6 Å². The predicted molar refractivity (Wildman–Crippen MR) is 137 cm³/mol. The first-order valence-electron chi connectivity index (χ1n) is 12.2. The molecule has 1 unspecified atom stereocenters. The van der Waals surface area contributed by atoms with Crippen molar-refractivity contribution in [3.63, 3.8) is 0 Å². The number of nitrogens with zero attached hydrogens (tertiary/aromatic N) is 5. The Balaban J connectivity index is 1.72. The van der Waals surface area contributed by atoms with Gasteiger partial charge >= 0.3 is 0 Å². The average Bonchev–Trinajstić information content (AvgIpc) is 3.42. The Morgan fingerprint density at radius 2 is 1.92 bits per heavy atom. The number of hydrogen-bond acceptors (Lipinski definition) is 5. The molecule has 0 saturated carbocycles. The van der Waals surface area contributed by atoms with Crippen LogP contribution in [0.4, 0.5) is 4.39 Å². The summed E-state index contributed by atoms with van der Waals surface area (Å²) in [6.45, 7) is 3.35. The van der Waals surface area contributed by atoms with Crippen molar-refractivity contribution in [3.8, 4) is 17.1 Å². The van der Waals surface area contributed by atoms with Gasteiger partial charge in [0.05, 0.1) is 36.1 Å². The molecule has 5 aromatic rings. The van der Waals surface area contributed by atoms with Gasteiger partial charge in [-0.05, 0) is 49.4 Å². The fourth-order valence-electron chi connectivity index (χ4n) is 5.70. The van der Waals surface area contributed by atoms with Gasteiger partial charge in [0.1, 0.15) is 11.3 Å². The van der Waals surface area contributed by atoms with Gasteiger partial charge in [0, 0.05) is 49.2 Å². The van der Waals surface area contributed by atoms with Gasteiger partial charge in [-0.2, -0.15) is 5.10 Å². The third-order valence-corrected chi connectivity index (χ3v) is 7.32. The van der Waals surface area contributed by atoms with Crippen molar-refractivity contribution < 1.29 is 13.9 Å². The van der Waals surface area contributed by atoms with E-state index in [0.29, 0.717) is 24.7 Å². The van der Waals surface area contributed by atoms with Crippen LogP contribution in [0.1, 0.15) is 30.0 Å². The molecule has 1 atom stereocenters. The minimum atomic E-state index is -0.280. The molecule has 1 saturated heterocycles. The zero-order chi connectivity index (χ0) is 24.8. The Hall–Kier alpha value is -3.78. The number of hydrogen-bond donors (Lipinski definition) is 0. The Labute approximate surface area is 208 Å². The highest BCUT2D eigenvalue weighted by Gasteiger charge is 2.33. The maximum absolute atomic E-state index is 15.5. The summed E-state index contributed by atoms with van der Waals surface area (Å²) in [5, 5.41) is 5.35. The third kappa shape index (κ3) is 3.55. The Kier molecular flexibility index (Phi) is 5.68. The van der Waals surface area contributed by atoms with E-state index in [1.807, 2.05) is 49.2 Å². The first-order valence-corrected chi connectivity index (χ1v) is 12.2. The predicted octanol–water partition coefficient (Wildman–Crippen LogP) is 5.46. The van der Waals surface area contributed by atoms with Crippen molar-refractivity contribution in [1.82, 2.24) is 24.3 Å². The normalized spacial score (nSPS) is 15.6. The lowest BCUT2D eigenvalue weighted by molar-refractivity contribution is 0.0548. The fraction of sp³-hybridized carbons (Fsp3) is 0.321. The molecule has 4 aromatic heterocycles. The molecule has 184 valence electrons. The third-order valence-electron chi connectivity index (χ3n) is 7.32. The maximum Gasteiger partial charge on any atom is 0.238 e. The molecule has 0 bridgehead atoms. The number of aryl methyl sites for hydroxylation is 2. The minimum Gasteiger partial charge on any atom is -0.479 e. The second-order valence-corrected chi connectivity index (χ2v) is 9.39. The Bertz CT molecular complexity index is 1550. The topological polar surface area (TPSA) is 67.0 Å². The van der Waals surface area contributed by atoms with Crippen LogP contribution >= 0.6 is 0 Å². The summed E-state index contributed by atoms with van der Waals surface area (Å²) in [6, 6.07) is 10.9. The first kappa shape index (κ1) is 22.7. The number of benzene rings is 1. The summed E-state index contributed by atoms with van der Waals surface area (Å²) in [7, 11) is 3.55. The van der Waals surface area contributed by atoms with Crippen LogP contribution in [0.5, 0.6) is 5.88 Å². The number of rotatable bonds is 5. The molecule has 1 aromatic carbocycles. The fourth-order valence-corrected chi connectivity index (χ4v) is 5.70. The van der Waals surface area contributed by atoms with Crippen molar-refractivity contribution in [2.45, 2.75) is 25.8 Å². The van der Waals surface area contributed by atoms with E-state index in [9.17, 15) is 0 Å². The highest BCUT2D eigenvalue weighted by atomic mass is 19.1. The monoisotopic (exact) mass is 485 g/mol. The van der Waals surface area contributed by atoms with E-state index < -0.39 is 0 Å². The largest absolute Gasteiger partial charge is 0.479 e. The van der Waals surface area contributed by atoms with Crippen molar-refractivity contribution in [2.75, 3.05) is 20.3 Å². The Morgan fingerprint density at radius 1 is 1.11 bits per heavy atom. The summed E-state index contributed by atoms with van der Waals surface area (Å²) in [6.07, 6.45) is 7.13. The standard InChI is InChI=1S/C28H28FN5O2/c1-17-15-32-33(2)25(17)19-14-23-24(31-16-19)21-8-11-30-28(35-3)27(21)34(23)26(18-9-12-36-13-10-18)20-6-4-5-7-22(20)29/h4-8,11,14-16,18,26H,9-10,12-13H2,1-3H3. The molecule has 8 heteroatoms. The summed E-state index contributed by atoms with van der Waals surface area (Å²) in [4.78, 5) is 9.45. The first-order chi connectivity index (χ1) is 17.6. The molecule has 7 nitrogen and oxygen atoms in total. The van der Waals surface area contributed by atoms with Crippen molar-refractivity contribution >= 4 is 21.9 Å². The second kappa shape index (κ2) is 9.02. The van der Waals surface area contributed by atoms with Crippen LogP contribution in [0.25, 0.3) is 33.2 Å². The zero-order valence-electron chi connectivity index (χ0n) is 20.6. The maximum atomic E-state index is 15.5. The molecule has 0 aliphatic carbocycles. The van der Waals surface area contributed by atoms with E-state index in [2.05, 4.69) is 20.7 Å². The van der Waals surface area contributed by atoms with Gasteiger partial charge in [0.15, 0.2) is 0 Å². The average molecular weight is 486 g/mol. The van der Waals surface area contributed by atoms with Crippen molar-refractivity contribution in [1.29, 1.82) is 0 Å². The highest BCUT2D eigenvalue weighted by Crippen LogP contribution is 2.43. The molecule has 6 rings (SSSR count). The van der Waals surface area contributed by atoms with Gasteiger partial charge in [0.25, 0.3) is 0 Å². The van der Waals surface area contributed by atoms with E-state index in [-0.39, 0.29) is 17.8 Å². The van der Waals surface area contributed by atoms with Gasteiger partial charge in [-0.3, -0.25) is 9.67 Å². The van der Waals surface area contributed by atoms with Crippen LogP contribution in [0.2, 0.25) is 0 Å². The van der Waals surface area contributed by atoms with Crippen LogP contribution in [-0.2, 0) is 11.8 Å². The lowest BCUT2D eigenvalue weighted by Crippen LogP contribution is -2.27. The van der Waals surface area contributed by atoms with E-state index in [1.165, 1.54) is 6.07 Å². The van der Waals surface area contributed by atoms with Crippen LogP contribution < -0.4 is 4.74 Å². The minimum absolute atomic E-state index is 0.168. The van der Waals surface area contributed by atoms with Crippen LogP contribution in [0.3, 0.4) is 0 Å². The number of pyridine rings is 2. The Morgan fingerprint density at radius 3 is 2.64 bits per heavy atom. The molecule has 0 radical (unpaired) electrons. The van der Waals surface area contributed by atoms with Crippen LogP contribution in [0, 0.1) is 18.7 Å².